The number of halogens is 2. The predicted octanol–water partition coefficient (Wildman–Crippen LogP) is 2.18. The molecule has 6 nitrogen and oxygen atoms in total. The van der Waals surface area contributed by atoms with Crippen LogP contribution in [0.2, 0.25) is 0 Å². The third-order valence-electron chi connectivity index (χ3n) is 3.44. The molecule has 0 spiro atoms. The summed E-state index contributed by atoms with van der Waals surface area (Å²) in [7, 11) is 0. The molecule has 1 aliphatic carbocycles. The van der Waals surface area contributed by atoms with Gasteiger partial charge in [0.05, 0.1) is 5.56 Å². The lowest BCUT2D eigenvalue weighted by Crippen LogP contribution is -2.18. The standard InChI is InChI=1S/C13H12F2N4O2S/c14-13(15)19-5-4-7(18-19)11(21)17-12-9(10(16)20)6-2-1-3-8(6)22-12/h4-5,13H,1-3H2,(H2,16,20)(H,17,21). The van der Waals surface area contributed by atoms with Gasteiger partial charge in [-0.25, -0.2) is 4.68 Å². The fourth-order valence-electron chi connectivity index (χ4n) is 2.49. The number of aryl methyl sites for hydroxylation is 1. The van der Waals surface area contributed by atoms with Gasteiger partial charge >= 0.3 is 6.55 Å². The van der Waals surface area contributed by atoms with Crippen molar-refractivity contribution in [3.05, 3.63) is 34.0 Å². The van der Waals surface area contributed by atoms with E-state index in [1.54, 1.807) is 0 Å². The first kappa shape index (κ1) is 14.6. The van der Waals surface area contributed by atoms with Gasteiger partial charge in [-0.1, -0.05) is 0 Å². The van der Waals surface area contributed by atoms with E-state index < -0.39 is 18.4 Å². The van der Waals surface area contributed by atoms with Crippen molar-refractivity contribution in [1.82, 2.24) is 9.78 Å². The van der Waals surface area contributed by atoms with Gasteiger partial charge in [-0.2, -0.15) is 13.9 Å². The molecule has 22 heavy (non-hydrogen) atoms. The third-order valence-corrected chi connectivity index (χ3v) is 4.64. The highest BCUT2D eigenvalue weighted by molar-refractivity contribution is 7.17. The number of nitrogens with zero attached hydrogens (tertiary/aromatic N) is 2. The number of nitrogens with two attached hydrogens (primary N) is 1. The Hall–Kier alpha value is -2.29. The number of primary amides is 1. The van der Waals surface area contributed by atoms with Crippen molar-refractivity contribution >= 4 is 28.2 Å². The topological polar surface area (TPSA) is 90.0 Å². The summed E-state index contributed by atoms with van der Waals surface area (Å²) >= 11 is 1.30. The molecule has 0 saturated heterocycles. The molecule has 0 saturated carbocycles. The number of thiophene rings is 1. The minimum atomic E-state index is -2.81. The van der Waals surface area contributed by atoms with Gasteiger partial charge < -0.3 is 11.1 Å². The number of alkyl halides is 2. The molecule has 0 atom stereocenters. The lowest BCUT2D eigenvalue weighted by atomic mass is 10.1. The number of hydrogen-bond acceptors (Lipinski definition) is 4. The Bertz CT molecular complexity index is 753. The number of carbonyl (C=O) groups excluding carboxylic acids is 2. The molecule has 0 unspecified atom stereocenters. The predicted molar refractivity (Wildman–Crippen MR) is 76.3 cm³/mol. The Labute approximate surface area is 127 Å². The SMILES string of the molecule is NC(=O)c1c(NC(=O)c2ccn(C(F)F)n2)sc2c1CCC2. The summed E-state index contributed by atoms with van der Waals surface area (Å²) in [5, 5.41) is 6.39. The number of rotatable bonds is 4. The van der Waals surface area contributed by atoms with E-state index in [1.807, 2.05) is 0 Å². The van der Waals surface area contributed by atoms with Crippen molar-refractivity contribution in [2.75, 3.05) is 5.32 Å². The van der Waals surface area contributed by atoms with Gasteiger partial charge in [0.2, 0.25) is 0 Å². The number of amides is 2. The maximum atomic E-state index is 12.5. The Kier molecular flexibility index (Phi) is 3.65. The van der Waals surface area contributed by atoms with Crippen LogP contribution in [0.1, 0.15) is 44.3 Å². The molecule has 3 rings (SSSR count). The van der Waals surface area contributed by atoms with E-state index in [9.17, 15) is 18.4 Å². The number of fused-ring (bicyclic) bond motifs is 1. The molecule has 1 aliphatic rings. The van der Waals surface area contributed by atoms with Gasteiger partial charge in [-0.05, 0) is 30.9 Å². The monoisotopic (exact) mass is 326 g/mol. The molecule has 0 fully saturated rings. The highest BCUT2D eigenvalue weighted by atomic mass is 32.1. The zero-order chi connectivity index (χ0) is 15.9. The van der Waals surface area contributed by atoms with Crippen molar-refractivity contribution < 1.29 is 18.4 Å². The van der Waals surface area contributed by atoms with Crippen LogP contribution in [-0.2, 0) is 12.8 Å². The summed E-state index contributed by atoms with van der Waals surface area (Å²) in [6.45, 7) is -2.81. The summed E-state index contributed by atoms with van der Waals surface area (Å²) in [4.78, 5) is 24.7. The summed E-state index contributed by atoms with van der Waals surface area (Å²) < 4.78 is 25.3. The first-order chi connectivity index (χ1) is 10.5. The Balaban J connectivity index is 1.86. The normalized spacial score (nSPS) is 13.4. The van der Waals surface area contributed by atoms with E-state index in [-0.39, 0.29) is 5.69 Å². The quantitative estimate of drug-likeness (QED) is 0.902. The van der Waals surface area contributed by atoms with E-state index in [0.29, 0.717) is 15.2 Å². The lowest BCUT2D eigenvalue weighted by molar-refractivity contribution is 0.0561. The van der Waals surface area contributed by atoms with Crippen LogP contribution in [0, 0.1) is 0 Å². The smallest absolute Gasteiger partial charge is 0.333 e. The maximum absolute atomic E-state index is 12.5. The number of nitrogens with one attached hydrogen (secondary N) is 1. The van der Waals surface area contributed by atoms with Crippen LogP contribution in [0.3, 0.4) is 0 Å². The molecule has 2 aromatic heterocycles. The average Bonchev–Trinajstić information content (AvgIpc) is 3.12. The Morgan fingerprint density at radius 2 is 2.18 bits per heavy atom. The van der Waals surface area contributed by atoms with Crippen LogP contribution in [0.5, 0.6) is 0 Å². The molecule has 0 radical (unpaired) electrons. The van der Waals surface area contributed by atoms with Crippen LogP contribution in [0.4, 0.5) is 13.8 Å². The molecule has 116 valence electrons. The van der Waals surface area contributed by atoms with E-state index >= 15 is 0 Å². The van der Waals surface area contributed by atoms with E-state index in [4.69, 9.17) is 5.73 Å². The lowest BCUT2D eigenvalue weighted by Gasteiger charge is -2.04. The second kappa shape index (κ2) is 5.48. The zero-order valence-corrected chi connectivity index (χ0v) is 12.1. The molecule has 0 aliphatic heterocycles. The van der Waals surface area contributed by atoms with Crippen LogP contribution in [-0.4, -0.2) is 21.6 Å². The molecular formula is C13H12F2N4O2S. The first-order valence-corrected chi connectivity index (χ1v) is 7.38. The molecule has 2 heterocycles. The number of hydrogen-bond donors (Lipinski definition) is 2. The summed E-state index contributed by atoms with van der Waals surface area (Å²) in [5.74, 6) is -1.25. The summed E-state index contributed by atoms with van der Waals surface area (Å²) in [6, 6.07) is 1.19. The second-order valence-corrected chi connectivity index (χ2v) is 5.94. The molecule has 2 aromatic rings. The van der Waals surface area contributed by atoms with Crippen molar-refractivity contribution in [3.63, 3.8) is 0 Å². The van der Waals surface area contributed by atoms with Gasteiger partial charge in [0.1, 0.15) is 5.00 Å². The highest BCUT2D eigenvalue weighted by Crippen LogP contribution is 2.38. The Morgan fingerprint density at radius 1 is 1.41 bits per heavy atom. The minimum Gasteiger partial charge on any atom is -0.365 e. The molecule has 0 bridgehead atoms. The molecule has 2 amide bonds. The van der Waals surface area contributed by atoms with Gasteiger partial charge in [-0.15, -0.1) is 11.3 Å². The van der Waals surface area contributed by atoms with Gasteiger partial charge in [0.25, 0.3) is 11.8 Å². The Morgan fingerprint density at radius 3 is 2.82 bits per heavy atom. The summed E-state index contributed by atoms with van der Waals surface area (Å²) in [6.07, 6.45) is 3.56. The van der Waals surface area contributed by atoms with Gasteiger partial charge in [0.15, 0.2) is 5.69 Å². The largest absolute Gasteiger partial charge is 0.365 e. The molecule has 9 heteroatoms. The van der Waals surface area contributed by atoms with Gasteiger partial charge in [-0.3, -0.25) is 9.59 Å². The minimum absolute atomic E-state index is 0.149. The fraction of sp³-hybridized carbons (Fsp3) is 0.308. The van der Waals surface area contributed by atoms with Crippen molar-refractivity contribution in [3.8, 4) is 0 Å². The number of anilines is 1. The number of aromatic nitrogens is 2. The van der Waals surface area contributed by atoms with Crippen LogP contribution in [0.15, 0.2) is 12.3 Å². The zero-order valence-electron chi connectivity index (χ0n) is 11.3. The van der Waals surface area contributed by atoms with E-state index in [2.05, 4.69) is 10.4 Å². The van der Waals surface area contributed by atoms with Crippen LogP contribution < -0.4 is 11.1 Å². The van der Waals surface area contributed by atoms with Crippen molar-refractivity contribution in [1.29, 1.82) is 0 Å². The summed E-state index contributed by atoms with van der Waals surface area (Å²) in [5.41, 5.74) is 6.44. The molecular weight excluding hydrogens is 314 g/mol. The second-order valence-electron chi connectivity index (χ2n) is 4.84. The van der Waals surface area contributed by atoms with Crippen LogP contribution >= 0.6 is 11.3 Å². The van der Waals surface area contributed by atoms with Crippen molar-refractivity contribution in [2.45, 2.75) is 25.8 Å². The van der Waals surface area contributed by atoms with E-state index in [0.717, 1.165) is 35.9 Å². The molecule has 3 N–H and O–H groups in total. The van der Waals surface area contributed by atoms with Crippen LogP contribution in [0.25, 0.3) is 0 Å². The van der Waals surface area contributed by atoms with E-state index in [1.165, 1.54) is 17.4 Å². The average molecular weight is 326 g/mol. The maximum Gasteiger partial charge on any atom is 0.333 e. The fourth-order valence-corrected chi connectivity index (χ4v) is 3.78. The van der Waals surface area contributed by atoms with Crippen molar-refractivity contribution in [2.24, 2.45) is 5.73 Å². The number of carbonyl (C=O) groups is 2. The third kappa shape index (κ3) is 2.47. The highest BCUT2D eigenvalue weighted by Gasteiger charge is 2.26. The van der Waals surface area contributed by atoms with Gasteiger partial charge in [0, 0.05) is 11.1 Å². The molecule has 0 aromatic carbocycles. The first-order valence-electron chi connectivity index (χ1n) is 6.56.